The van der Waals surface area contributed by atoms with Crippen LogP contribution in [0.1, 0.15) is 35.6 Å². The Morgan fingerprint density at radius 3 is 2.75 bits per heavy atom. The normalized spacial score (nSPS) is 16.1. The number of aryl methyl sites for hydroxylation is 1. The first-order valence-corrected chi connectivity index (χ1v) is 11.0. The van der Waals surface area contributed by atoms with Gasteiger partial charge in [0.1, 0.15) is 24.2 Å². The number of methoxy groups -OCH3 is 1. The summed E-state index contributed by atoms with van der Waals surface area (Å²) >= 11 is 0. The fourth-order valence-corrected chi connectivity index (χ4v) is 4.53. The quantitative estimate of drug-likeness (QED) is 0.726. The van der Waals surface area contributed by atoms with Crippen LogP contribution in [0, 0.1) is 17.2 Å². The Kier molecular flexibility index (Phi) is 6.48. The number of carbonyl (C=O) groups excluding carboxylic acids is 1. The zero-order valence-electron chi connectivity index (χ0n) is 18.9. The molecule has 2 aromatic carbocycles. The smallest absolute Gasteiger partial charge is 0.225 e. The zero-order valence-corrected chi connectivity index (χ0v) is 18.9. The Bertz CT molecular complexity index is 1090. The topological polar surface area (TPSA) is 74.6 Å². The van der Waals surface area contributed by atoms with Crippen LogP contribution in [-0.4, -0.2) is 44.6 Å². The van der Waals surface area contributed by atoms with Gasteiger partial charge in [-0.15, -0.1) is 0 Å². The number of amides is 1. The second-order valence-electron chi connectivity index (χ2n) is 8.49. The number of ether oxygens (including phenoxy) is 2. The molecule has 1 N–H and O–H groups in total. The number of nitrogens with zero attached hydrogens (tertiary/aromatic N) is 2. The van der Waals surface area contributed by atoms with Crippen LogP contribution in [0.15, 0.2) is 42.0 Å². The molecule has 2 aliphatic rings. The predicted molar refractivity (Wildman–Crippen MR) is 123 cm³/mol. The Balaban J connectivity index is 1.39. The number of likely N-dealkylation sites (tertiary alicyclic amines) is 1. The summed E-state index contributed by atoms with van der Waals surface area (Å²) in [6.07, 6.45) is 2.03. The van der Waals surface area contributed by atoms with Gasteiger partial charge in [0.25, 0.3) is 0 Å². The number of hydrogen-bond acceptors (Lipinski definition) is 5. The molecule has 1 aliphatic heterocycles. The molecule has 166 valence electrons. The molecule has 1 heterocycles. The van der Waals surface area contributed by atoms with Crippen LogP contribution in [-0.2, 0) is 17.8 Å². The maximum Gasteiger partial charge on any atom is 0.225 e. The third-order valence-corrected chi connectivity index (χ3v) is 6.49. The molecular formula is C26H29N3O3. The standard InChI is InChI=1S/C26H29N3O3/c1-17-20(13-29-14-22(15-29)26(30)28-2)6-5-19-11-23(7-8-24(17)19)32-16-18-4-9-25(31-3)21(10-18)12-27/h4,7-11,22H,5-6,13-16H2,1-3H3,(H,28,30). The van der Waals surface area contributed by atoms with E-state index < -0.39 is 0 Å². The summed E-state index contributed by atoms with van der Waals surface area (Å²) in [5.74, 6) is 1.69. The van der Waals surface area contributed by atoms with Gasteiger partial charge in [0, 0.05) is 26.7 Å². The lowest BCUT2D eigenvalue weighted by molar-refractivity contribution is -0.129. The Morgan fingerprint density at radius 1 is 1.22 bits per heavy atom. The van der Waals surface area contributed by atoms with Crippen LogP contribution in [0.3, 0.4) is 0 Å². The van der Waals surface area contributed by atoms with Crippen molar-refractivity contribution in [3.63, 3.8) is 0 Å². The first kappa shape index (κ1) is 21.9. The molecule has 0 unspecified atom stereocenters. The van der Waals surface area contributed by atoms with E-state index in [1.54, 1.807) is 26.3 Å². The number of rotatable bonds is 7. The summed E-state index contributed by atoms with van der Waals surface area (Å²) in [5, 5.41) is 12.0. The number of fused-ring (bicyclic) bond motifs is 1. The van der Waals surface area contributed by atoms with Crippen LogP contribution in [0.25, 0.3) is 5.57 Å². The van der Waals surface area contributed by atoms with Gasteiger partial charge in [-0.2, -0.15) is 5.26 Å². The minimum Gasteiger partial charge on any atom is -0.495 e. The molecule has 1 amide bonds. The molecule has 0 spiro atoms. The van der Waals surface area contributed by atoms with Gasteiger partial charge in [0.15, 0.2) is 0 Å². The molecule has 1 fully saturated rings. The van der Waals surface area contributed by atoms with Crippen molar-refractivity contribution in [2.75, 3.05) is 33.8 Å². The lowest BCUT2D eigenvalue weighted by atomic mass is 9.85. The summed E-state index contributed by atoms with van der Waals surface area (Å²) in [7, 11) is 3.26. The number of allylic oxidation sites excluding steroid dienone is 1. The van der Waals surface area contributed by atoms with E-state index in [0.29, 0.717) is 17.9 Å². The third-order valence-electron chi connectivity index (χ3n) is 6.49. The number of nitriles is 1. The summed E-state index contributed by atoms with van der Waals surface area (Å²) in [6, 6.07) is 14.0. The van der Waals surface area contributed by atoms with Crippen molar-refractivity contribution < 1.29 is 14.3 Å². The van der Waals surface area contributed by atoms with Gasteiger partial charge in [0.2, 0.25) is 5.91 Å². The Morgan fingerprint density at radius 2 is 2.03 bits per heavy atom. The number of hydrogen-bond donors (Lipinski definition) is 1. The molecule has 0 aromatic heterocycles. The molecule has 0 saturated carbocycles. The largest absolute Gasteiger partial charge is 0.495 e. The van der Waals surface area contributed by atoms with Gasteiger partial charge in [-0.25, -0.2) is 0 Å². The highest BCUT2D eigenvalue weighted by Gasteiger charge is 2.32. The SMILES string of the molecule is CNC(=O)C1CN(CC2=C(C)c3ccc(OCc4ccc(OC)c(C#N)c4)cc3CC2)C1. The van der Waals surface area contributed by atoms with Crippen molar-refractivity contribution in [2.45, 2.75) is 26.4 Å². The number of nitrogens with one attached hydrogen (secondary N) is 1. The minimum absolute atomic E-state index is 0.131. The fourth-order valence-electron chi connectivity index (χ4n) is 4.53. The molecule has 32 heavy (non-hydrogen) atoms. The van der Waals surface area contributed by atoms with Crippen LogP contribution >= 0.6 is 0 Å². The van der Waals surface area contributed by atoms with Crippen molar-refractivity contribution in [1.29, 1.82) is 5.26 Å². The number of benzene rings is 2. The minimum atomic E-state index is 0.131. The molecule has 1 saturated heterocycles. The monoisotopic (exact) mass is 431 g/mol. The summed E-state index contributed by atoms with van der Waals surface area (Å²) in [4.78, 5) is 14.1. The van der Waals surface area contributed by atoms with Gasteiger partial charge in [-0.1, -0.05) is 17.7 Å². The highest BCUT2D eigenvalue weighted by molar-refractivity contribution is 5.79. The van der Waals surface area contributed by atoms with Crippen molar-refractivity contribution >= 4 is 11.5 Å². The van der Waals surface area contributed by atoms with E-state index >= 15 is 0 Å². The first-order chi connectivity index (χ1) is 15.5. The molecule has 6 heteroatoms. The highest BCUT2D eigenvalue weighted by atomic mass is 16.5. The number of carbonyl (C=O) groups is 1. The summed E-state index contributed by atoms with van der Waals surface area (Å²) in [6.45, 7) is 5.23. The first-order valence-electron chi connectivity index (χ1n) is 11.0. The Hall–Kier alpha value is -3.30. The van der Waals surface area contributed by atoms with Crippen LogP contribution in [0.2, 0.25) is 0 Å². The van der Waals surface area contributed by atoms with Crippen molar-refractivity contribution in [3.8, 4) is 17.6 Å². The molecule has 0 radical (unpaired) electrons. The zero-order chi connectivity index (χ0) is 22.7. The molecule has 1 aliphatic carbocycles. The van der Waals surface area contributed by atoms with E-state index in [0.717, 1.165) is 43.8 Å². The van der Waals surface area contributed by atoms with Crippen LogP contribution < -0.4 is 14.8 Å². The summed E-state index contributed by atoms with van der Waals surface area (Å²) < 4.78 is 11.2. The van der Waals surface area contributed by atoms with Gasteiger partial charge < -0.3 is 14.8 Å². The second kappa shape index (κ2) is 9.46. The molecule has 4 rings (SSSR count). The van der Waals surface area contributed by atoms with E-state index in [9.17, 15) is 10.1 Å². The van der Waals surface area contributed by atoms with Crippen molar-refractivity contribution in [1.82, 2.24) is 10.2 Å². The summed E-state index contributed by atoms with van der Waals surface area (Å²) in [5.41, 5.74) is 6.85. The second-order valence-corrected chi connectivity index (χ2v) is 8.49. The van der Waals surface area contributed by atoms with E-state index in [1.807, 2.05) is 12.1 Å². The molecule has 0 atom stereocenters. The average Bonchev–Trinajstić information content (AvgIpc) is 2.80. The lowest BCUT2D eigenvalue weighted by Gasteiger charge is -2.39. The van der Waals surface area contributed by atoms with Crippen LogP contribution in [0.5, 0.6) is 11.5 Å². The van der Waals surface area contributed by atoms with Gasteiger partial charge in [0.05, 0.1) is 18.6 Å². The van der Waals surface area contributed by atoms with Crippen molar-refractivity contribution in [3.05, 3.63) is 64.2 Å². The van der Waals surface area contributed by atoms with Gasteiger partial charge >= 0.3 is 0 Å². The molecule has 0 bridgehead atoms. The predicted octanol–water partition coefficient (Wildman–Crippen LogP) is 3.54. The lowest BCUT2D eigenvalue weighted by Crippen LogP contribution is -2.53. The third kappa shape index (κ3) is 4.49. The molecule has 6 nitrogen and oxygen atoms in total. The van der Waals surface area contributed by atoms with E-state index in [2.05, 4.69) is 35.3 Å². The maximum absolute atomic E-state index is 11.7. The van der Waals surface area contributed by atoms with Crippen molar-refractivity contribution in [2.24, 2.45) is 5.92 Å². The van der Waals surface area contributed by atoms with E-state index in [-0.39, 0.29) is 11.8 Å². The molecular weight excluding hydrogens is 402 g/mol. The van der Waals surface area contributed by atoms with E-state index in [4.69, 9.17) is 9.47 Å². The fraction of sp³-hybridized carbons (Fsp3) is 0.385. The van der Waals surface area contributed by atoms with Gasteiger partial charge in [-0.05, 0) is 66.3 Å². The highest BCUT2D eigenvalue weighted by Crippen LogP contribution is 2.34. The van der Waals surface area contributed by atoms with Crippen LogP contribution in [0.4, 0.5) is 0 Å². The average molecular weight is 432 g/mol. The van der Waals surface area contributed by atoms with E-state index in [1.165, 1.54) is 22.3 Å². The van der Waals surface area contributed by atoms with Gasteiger partial charge in [-0.3, -0.25) is 9.69 Å². The maximum atomic E-state index is 11.7. The molecule has 2 aromatic rings. The Labute approximate surface area is 189 Å².